The Bertz CT molecular complexity index is 946. The molecule has 0 aliphatic heterocycles. The largest absolute Gasteiger partial charge is 0.302 e. The number of hydrogen-bond donors (Lipinski definition) is 0. The van der Waals surface area contributed by atoms with Crippen LogP contribution in [0.1, 0.15) is 35.3 Å². The Balaban J connectivity index is 0.00000300. The number of rotatable bonds is 7. The lowest BCUT2D eigenvalue weighted by Gasteiger charge is -2.25. The summed E-state index contributed by atoms with van der Waals surface area (Å²) in [7, 11) is 0. The van der Waals surface area contributed by atoms with Crippen molar-refractivity contribution in [1.29, 1.82) is 0 Å². The summed E-state index contributed by atoms with van der Waals surface area (Å²) in [5.74, 6) is -0.106. The Morgan fingerprint density at radius 1 is 1.07 bits per heavy atom. The maximum atomic E-state index is 13.4. The van der Waals surface area contributed by atoms with Crippen LogP contribution < -0.4 is 4.90 Å². The molecular weight excluding hydrogens is 425 g/mol. The molecule has 1 heterocycles. The van der Waals surface area contributed by atoms with Crippen LogP contribution in [0, 0.1) is 13.8 Å². The maximum Gasteiger partial charge on any atom is 0.261 e. The molecule has 0 saturated carbocycles. The molecule has 0 saturated heterocycles. The summed E-state index contributed by atoms with van der Waals surface area (Å²) in [6.07, 6.45) is 0. The Hall–Kier alpha value is -1.66. The van der Waals surface area contributed by atoms with E-state index >= 15 is 0 Å². The van der Waals surface area contributed by atoms with E-state index in [1.54, 1.807) is 28.4 Å². The summed E-state index contributed by atoms with van der Waals surface area (Å²) in [6, 6.07) is 11.4. The van der Waals surface area contributed by atoms with Gasteiger partial charge >= 0.3 is 0 Å². The number of carbonyl (C=O) groups excluding carboxylic acids is 1. The Morgan fingerprint density at radius 3 is 2.38 bits per heavy atom. The van der Waals surface area contributed by atoms with Crippen LogP contribution in [0.25, 0.3) is 10.2 Å². The molecule has 1 aromatic heterocycles. The SMILES string of the molecule is CCN(CC)CCN(C(=O)c1ccccc1Cl)c1nc2cc(C)c(C)cc2s1.Cl. The van der Waals surface area contributed by atoms with Gasteiger partial charge in [0.15, 0.2) is 5.13 Å². The van der Waals surface area contributed by atoms with Gasteiger partial charge in [-0.15, -0.1) is 12.4 Å². The summed E-state index contributed by atoms with van der Waals surface area (Å²) < 4.78 is 1.10. The smallest absolute Gasteiger partial charge is 0.261 e. The zero-order valence-corrected chi connectivity index (χ0v) is 19.6. The monoisotopic (exact) mass is 451 g/mol. The average Bonchev–Trinajstić information content (AvgIpc) is 3.08. The van der Waals surface area contributed by atoms with Gasteiger partial charge in [0, 0.05) is 13.1 Å². The number of anilines is 1. The second kappa shape index (κ2) is 10.4. The Kier molecular flexibility index (Phi) is 8.46. The quantitative estimate of drug-likeness (QED) is 0.443. The molecule has 29 heavy (non-hydrogen) atoms. The third-order valence-electron chi connectivity index (χ3n) is 5.11. The van der Waals surface area contributed by atoms with E-state index in [1.165, 1.54) is 11.1 Å². The first-order valence-corrected chi connectivity index (χ1v) is 10.8. The van der Waals surface area contributed by atoms with Gasteiger partial charge in [0.25, 0.3) is 5.91 Å². The number of aromatic nitrogens is 1. The second-order valence-corrected chi connectivity index (χ2v) is 8.28. The number of benzene rings is 2. The summed E-state index contributed by atoms with van der Waals surface area (Å²) in [4.78, 5) is 22.2. The van der Waals surface area contributed by atoms with Gasteiger partial charge < -0.3 is 4.90 Å². The lowest BCUT2D eigenvalue weighted by molar-refractivity contribution is 0.0984. The highest BCUT2D eigenvalue weighted by atomic mass is 35.5. The van der Waals surface area contributed by atoms with Crippen molar-refractivity contribution in [3.63, 3.8) is 0 Å². The van der Waals surface area contributed by atoms with E-state index in [2.05, 4.69) is 44.7 Å². The Labute approximate surface area is 187 Å². The molecule has 3 rings (SSSR count). The van der Waals surface area contributed by atoms with Gasteiger partial charge in [-0.2, -0.15) is 0 Å². The van der Waals surface area contributed by atoms with Gasteiger partial charge in [0.05, 0.1) is 20.8 Å². The number of aryl methyl sites for hydroxylation is 2. The van der Waals surface area contributed by atoms with Crippen LogP contribution in [0.4, 0.5) is 5.13 Å². The molecule has 3 aromatic rings. The van der Waals surface area contributed by atoms with E-state index in [9.17, 15) is 4.79 Å². The van der Waals surface area contributed by atoms with E-state index in [4.69, 9.17) is 16.6 Å². The first-order valence-electron chi connectivity index (χ1n) is 9.61. The summed E-state index contributed by atoms with van der Waals surface area (Å²) in [5, 5.41) is 1.19. The van der Waals surface area contributed by atoms with Crippen LogP contribution in [-0.4, -0.2) is 42.0 Å². The van der Waals surface area contributed by atoms with E-state index in [0.717, 1.165) is 35.0 Å². The molecule has 0 aliphatic rings. The normalized spacial score (nSPS) is 11.0. The fourth-order valence-corrected chi connectivity index (χ4v) is 4.42. The van der Waals surface area contributed by atoms with Gasteiger partial charge in [-0.25, -0.2) is 4.98 Å². The molecule has 7 heteroatoms. The fourth-order valence-electron chi connectivity index (χ4n) is 3.13. The molecule has 0 fully saturated rings. The molecule has 156 valence electrons. The van der Waals surface area contributed by atoms with E-state index in [0.29, 0.717) is 17.1 Å². The molecule has 0 atom stereocenters. The molecule has 0 radical (unpaired) electrons. The number of likely N-dealkylation sites (N-methyl/N-ethyl adjacent to an activating group) is 1. The van der Waals surface area contributed by atoms with Crippen molar-refractivity contribution in [2.75, 3.05) is 31.1 Å². The van der Waals surface area contributed by atoms with Gasteiger partial charge in [0.2, 0.25) is 0 Å². The van der Waals surface area contributed by atoms with Crippen molar-refractivity contribution >= 4 is 56.6 Å². The number of fused-ring (bicyclic) bond motifs is 1. The van der Waals surface area contributed by atoms with Gasteiger partial charge in [0.1, 0.15) is 0 Å². The van der Waals surface area contributed by atoms with Crippen molar-refractivity contribution in [2.24, 2.45) is 0 Å². The minimum Gasteiger partial charge on any atom is -0.302 e. The molecule has 4 nitrogen and oxygen atoms in total. The first-order chi connectivity index (χ1) is 13.4. The molecule has 0 spiro atoms. The number of amides is 1. The zero-order valence-electron chi connectivity index (χ0n) is 17.2. The van der Waals surface area contributed by atoms with Gasteiger partial charge in [-0.05, 0) is 62.3 Å². The third kappa shape index (κ3) is 5.28. The van der Waals surface area contributed by atoms with E-state index < -0.39 is 0 Å². The summed E-state index contributed by atoms with van der Waals surface area (Å²) in [5.41, 5.74) is 3.88. The predicted molar refractivity (Wildman–Crippen MR) is 127 cm³/mol. The molecule has 1 amide bonds. The maximum absolute atomic E-state index is 13.4. The highest BCUT2D eigenvalue weighted by Crippen LogP contribution is 2.32. The molecule has 0 bridgehead atoms. The fraction of sp³-hybridized carbons (Fsp3) is 0.364. The molecule has 2 aromatic carbocycles. The van der Waals surface area contributed by atoms with Crippen LogP contribution in [0.15, 0.2) is 36.4 Å². The van der Waals surface area contributed by atoms with Crippen LogP contribution in [-0.2, 0) is 0 Å². The van der Waals surface area contributed by atoms with Crippen LogP contribution in [0.5, 0.6) is 0 Å². The number of thiazole rings is 1. The lowest BCUT2D eigenvalue weighted by Crippen LogP contribution is -2.39. The first kappa shape index (κ1) is 23.6. The van der Waals surface area contributed by atoms with Crippen molar-refractivity contribution in [3.8, 4) is 0 Å². The zero-order chi connectivity index (χ0) is 20.3. The minimum absolute atomic E-state index is 0. The van der Waals surface area contributed by atoms with E-state index in [-0.39, 0.29) is 18.3 Å². The second-order valence-electron chi connectivity index (χ2n) is 6.86. The molecule has 0 aliphatic carbocycles. The standard InChI is InChI=1S/C22H26ClN3OS.ClH/c1-5-25(6-2)11-12-26(21(27)17-9-7-8-10-18(17)23)22-24-19-13-15(3)16(4)14-20(19)28-22;/h7-10,13-14H,5-6,11-12H2,1-4H3;1H. The van der Waals surface area contributed by atoms with Crippen molar-refractivity contribution in [3.05, 3.63) is 58.1 Å². The predicted octanol–water partition coefficient (Wildman–Crippen LogP) is 5.98. The number of nitrogens with zero attached hydrogens (tertiary/aromatic N) is 3. The molecule has 0 unspecified atom stereocenters. The highest BCUT2D eigenvalue weighted by molar-refractivity contribution is 7.22. The number of carbonyl (C=O) groups is 1. The van der Waals surface area contributed by atoms with Gasteiger partial charge in [-0.1, -0.05) is 48.9 Å². The number of hydrogen-bond acceptors (Lipinski definition) is 4. The average molecular weight is 452 g/mol. The minimum atomic E-state index is -0.106. The van der Waals surface area contributed by atoms with Crippen LogP contribution in [0.3, 0.4) is 0 Å². The molecule has 0 N–H and O–H groups in total. The van der Waals surface area contributed by atoms with Crippen molar-refractivity contribution < 1.29 is 4.79 Å². The third-order valence-corrected chi connectivity index (χ3v) is 6.48. The van der Waals surface area contributed by atoms with Crippen molar-refractivity contribution in [1.82, 2.24) is 9.88 Å². The number of halogens is 2. The van der Waals surface area contributed by atoms with Crippen LogP contribution in [0.2, 0.25) is 5.02 Å². The Morgan fingerprint density at radius 2 is 1.72 bits per heavy atom. The topological polar surface area (TPSA) is 36.4 Å². The van der Waals surface area contributed by atoms with Crippen LogP contribution >= 0.6 is 35.3 Å². The van der Waals surface area contributed by atoms with E-state index in [1.807, 2.05) is 12.1 Å². The van der Waals surface area contributed by atoms with Crippen molar-refractivity contribution in [2.45, 2.75) is 27.7 Å². The highest BCUT2D eigenvalue weighted by Gasteiger charge is 2.23. The molecular formula is C22H27Cl2N3OS. The lowest BCUT2D eigenvalue weighted by atomic mass is 10.1. The summed E-state index contributed by atoms with van der Waals surface area (Å²) >= 11 is 7.87. The van der Waals surface area contributed by atoms with Gasteiger partial charge in [-0.3, -0.25) is 9.69 Å². The summed E-state index contributed by atoms with van der Waals surface area (Å²) in [6.45, 7) is 11.7.